The first-order valence-corrected chi connectivity index (χ1v) is 16.0. The molecule has 2 amide bonds. The summed E-state index contributed by atoms with van der Waals surface area (Å²) in [7, 11) is 1.74. The summed E-state index contributed by atoms with van der Waals surface area (Å²) >= 11 is 0. The molecule has 0 spiro atoms. The van der Waals surface area contributed by atoms with Crippen LogP contribution in [0.2, 0.25) is 0 Å². The summed E-state index contributed by atoms with van der Waals surface area (Å²) in [5.41, 5.74) is 3.03. The van der Waals surface area contributed by atoms with Gasteiger partial charge in [0.05, 0.1) is 23.4 Å². The van der Waals surface area contributed by atoms with Crippen LogP contribution in [-0.2, 0) is 13.7 Å². The highest BCUT2D eigenvalue weighted by Gasteiger charge is 2.20. The van der Waals surface area contributed by atoms with Crippen LogP contribution in [0.1, 0.15) is 58.4 Å². The SMILES string of the molecule is CCN(CCCNCC(O)c1ccc(O)c2[nH]c(=O)ccc12)C(=O)c1cc(COc2cccc([C@@H](NC(=O)O)c3ccccc3)c2)n(C)n1. The molecule has 0 aliphatic carbocycles. The van der Waals surface area contributed by atoms with Crippen molar-refractivity contribution in [3.8, 4) is 11.5 Å². The number of fused-ring (bicyclic) bond motifs is 1. The van der Waals surface area contributed by atoms with Crippen LogP contribution in [0.4, 0.5) is 4.79 Å². The van der Waals surface area contributed by atoms with Gasteiger partial charge in [-0.2, -0.15) is 5.10 Å². The molecule has 13 heteroatoms. The molecule has 0 saturated carbocycles. The molecule has 13 nitrogen and oxygen atoms in total. The van der Waals surface area contributed by atoms with Gasteiger partial charge >= 0.3 is 6.09 Å². The molecule has 5 aromatic rings. The van der Waals surface area contributed by atoms with Gasteiger partial charge in [0, 0.05) is 38.1 Å². The average molecular weight is 669 g/mol. The lowest BCUT2D eigenvalue weighted by atomic mass is 9.99. The lowest BCUT2D eigenvalue weighted by Crippen LogP contribution is -2.34. The summed E-state index contributed by atoms with van der Waals surface area (Å²) in [5.74, 6) is 0.269. The Balaban J connectivity index is 1.14. The number of ether oxygens (including phenoxy) is 1. The zero-order chi connectivity index (χ0) is 34.9. The first kappa shape index (κ1) is 34.7. The van der Waals surface area contributed by atoms with Crippen molar-refractivity contribution in [3.63, 3.8) is 0 Å². The number of aryl methyl sites for hydroxylation is 1. The van der Waals surface area contributed by atoms with Gasteiger partial charge in [0.15, 0.2) is 5.69 Å². The van der Waals surface area contributed by atoms with Crippen LogP contribution in [0.15, 0.2) is 89.7 Å². The molecule has 256 valence electrons. The van der Waals surface area contributed by atoms with E-state index >= 15 is 0 Å². The third kappa shape index (κ3) is 8.63. The minimum Gasteiger partial charge on any atom is -0.506 e. The molecule has 0 saturated heterocycles. The Bertz CT molecular complexity index is 1960. The van der Waals surface area contributed by atoms with Gasteiger partial charge in [0.1, 0.15) is 18.1 Å². The maximum Gasteiger partial charge on any atom is 0.405 e. The zero-order valence-electron chi connectivity index (χ0n) is 27.3. The lowest BCUT2D eigenvalue weighted by Gasteiger charge is -2.20. The van der Waals surface area contributed by atoms with E-state index in [-0.39, 0.29) is 35.9 Å². The summed E-state index contributed by atoms with van der Waals surface area (Å²) in [6.45, 7) is 3.80. The van der Waals surface area contributed by atoms with E-state index in [4.69, 9.17) is 4.74 Å². The topological polar surface area (TPSA) is 182 Å². The number of benzene rings is 3. The Labute approximate surface area is 282 Å². The second-order valence-electron chi connectivity index (χ2n) is 11.5. The van der Waals surface area contributed by atoms with E-state index in [1.54, 1.807) is 53.0 Å². The molecule has 5 rings (SSSR count). The summed E-state index contributed by atoms with van der Waals surface area (Å²) < 4.78 is 7.65. The standard InChI is InChI=1S/C36H40N6O7/c1-3-42(18-8-17-37-21-31(44)27-13-15-30(43)34-28(27)14-16-32(45)38-34)35(46)29-20-25(41(2)40-29)22-49-26-12-7-11-24(19-26)33(39-36(47)48)23-9-5-4-6-10-23/h4-7,9-16,19-20,31,33,37,39,43-44H,3,8,17-18,21-22H2,1-2H3,(H,38,45)(H,47,48)/t31?,33-/m0/s1. The highest BCUT2D eigenvalue weighted by atomic mass is 16.5. The summed E-state index contributed by atoms with van der Waals surface area (Å²) in [4.78, 5) is 40.8. The van der Waals surface area contributed by atoms with Crippen LogP contribution in [0, 0.1) is 0 Å². The number of phenolic OH excluding ortho intramolecular Hbond substituents is 1. The van der Waals surface area contributed by atoms with Gasteiger partial charge in [-0.05, 0) is 66.9 Å². The zero-order valence-corrected chi connectivity index (χ0v) is 27.3. The van der Waals surface area contributed by atoms with Crippen molar-refractivity contribution in [2.24, 2.45) is 7.05 Å². The van der Waals surface area contributed by atoms with E-state index in [0.29, 0.717) is 54.1 Å². The number of carbonyl (C=O) groups is 2. The maximum absolute atomic E-state index is 13.3. The third-order valence-electron chi connectivity index (χ3n) is 8.23. The molecule has 0 radical (unpaired) electrons. The van der Waals surface area contributed by atoms with Gasteiger partial charge in [0.25, 0.3) is 5.91 Å². The Morgan fingerprint density at radius 3 is 2.55 bits per heavy atom. The van der Waals surface area contributed by atoms with Gasteiger partial charge in [-0.1, -0.05) is 48.5 Å². The minimum absolute atomic E-state index is 0.0665. The smallest absolute Gasteiger partial charge is 0.405 e. The maximum atomic E-state index is 13.3. The number of phenols is 1. The van der Waals surface area contributed by atoms with E-state index in [9.17, 15) is 29.7 Å². The minimum atomic E-state index is -1.14. The quantitative estimate of drug-likeness (QED) is 0.0896. The Hall–Kier alpha value is -5.66. The number of aromatic nitrogens is 3. The van der Waals surface area contributed by atoms with Gasteiger partial charge in [-0.25, -0.2) is 4.79 Å². The van der Waals surface area contributed by atoms with Crippen LogP contribution in [-0.4, -0.2) is 73.2 Å². The van der Waals surface area contributed by atoms with Crippen LogP contribution < -0.4 is 20.9 Å². The molecule has 3 aromatic carbocycles. The number of amides is 2. The molecule has 2 heterocycles. The number of hydrogen-bond acceptors (Lipinski definition) is 8. The third-order valence-corrected chi connectivity index (χ3v) is 8.23. The number of rotatable bonds is 15. The lowest BCUT2D eigenvalue weighted by molar-refractivity contribution is 0.0755. The number of H-pyrrole nitrogens is 1. The van der Waals surface area contributed by atoms with Crippen LogP contribution in [0.5, 0.6) is 11.5 Å². The highest BCUT2D eigenvalue weighted by molar-refractivity contribution is 5.92. The van der Waals surface area contributed by atoms with Crippen molar-refractivity contribution in [1.82, 2.24) is 30.3 Å². The summed E-state index contributed by atoms with van der Waals surface area (Å²) in [6, 6.07) is 23.6. The van der Waals surface area contributed by atoms with Crippen molar-refractivity contribution >= 4 is 22.9 Å². The van der Waals surface area contributed by atoms with Gasteiger partial charge in [-0.3, -0.25) is 14.3 Å². The predicted molar refractivity (Wildman–Crippen MR) is 184 cm³/mol. The molecule has 0 bridgehead atoms. The van der Waals surface area contributed by atoms with E-state index in [0.717, 1.165) is 11.1 Å². The molecule has 1 unspecified atom stereocenters. The van der Waals surface area contributed by atoms with Crippen molar-refractivity contribution < 1.29 is 29.6 Å². The number of hydrogen-bond donors (Lipinski definition) is 6. The molecule has 0 aliphatic heterocycles. The van der Waals surface area contributed by atoms with Crippen molar-refractivity contribution in [1.29, 1.82) is 0 Å². The highest BCUT2D eigenvalue weighted by Crippen LogP contribution is 2.29. The second-order valence-corrected chi connectivity index (χ2v) is 11.5. The average Bonchev–Trinajstić information content (AvgIpc) is 3.48. The van der Waals surface area contributed by atoms with E-state index < -0.39 is 18.2 Å². The number of nitrogens with one attached hydrogen (secondary N) is 3. The Kier molecular flexibility index (Phi) is 11.3. The monoisotopic (exact) mass is 668 g/mol. The number of pyridine rings is 1. The van der Waals surface area contributed by atoms with Crippen molar-refractivity contribution in [3.05, 3.63) is 123 Å². The van der Waals surface area contributed by atoms with E-state index in [1.165, 1.54) is 12.1 Å². The fourth-order valence-electron chi connectivity index (χ4n) is 5.67. The number of carbonyl (C=O) groups excluding carboxylic acids is 1. The molecule has 0 aliphatic rings. The molecule has 49 heavy (non-hydrogen) atoms. The number of aliphatic hydroxyl groups excluding tert-OH is 1. The fraction of sp³-hybridized carbons (Fsp3) is 0.278. The van der Waals surface area contributed by atoms with Gasteiger partial charge in [-0.15, -0.1) is 0 Å². The number of aliphatic hydroxyl groups is 1. The largest absolute Gasteiger partial charge is 0.506 e. The number of aromatic hydroxyl groups is 1. The van der Waals surface area contributed by atoms with Crippen molar-refractivity contribution in [2.75, 3.05) is 26.2 Å². The Morgan fingerprint density at radius 2 is 1.80 bits per heavy atom. The molecule has 6 N–H and O–H groups in total. The predicted octanol–water partition coefficient (Wildman–Crippen LogP) is 4.08. The second kappa shape index (κ2) is 16.0. The molecular weight excluding hydrogens is 628 g/mol. The molecule has 2 atom stereocenters. The molecule has 0 fully saturated rings. The number of nitrogens with zero attached hydrogens (tertiary/aromatic N) is 3. The normalized spacial score (nSPS) is 12.4. The first-order chi connectivity index (χ1) is 23.6. The number of aromatic amines is 1. The Morgan fingerprint density at radius 1 is 1.02 bits per heavy atom. The summed E-state index contributed by atoms with van der Waals surface area (Å²) in [5, 5.41) is 41.1. The number of carboxylic acid groups (broad SMARTS) is 1. The van der Waals surface area contributed by atoms with Gasteiger partial charge in [0.2, 0.25) is 5.56 Å². The van der Waals surface area contributed by atoms with Crippen LogP contribution in [0.3, 0.4) is 0 Å². The van der Waals surface area contributed by atoms with E-state index in [1.807, 2.05) is 43.3 Å². The van der Waals surface area contributed by atoms with Crippen LogP contribution >= 0.6 is 0 Å². The van der Waals surface area contributed by atoms with Crippen LogP contribution in [0.25, 0.3) is 10.9 Å². The molecule has 2 aromatic heterocycles. The summed E-state index contributed by atoms with van der Waals surface area (Å²) in [6.07, 6.45) is -1.37. The van der Waals surface area contributed by atoms with Gasteiger partial charge < -0.3 is 40.6 Å². The molecular formula is C36H40N6O7. The van der Waals surface area contributed by atoms with Crippen molar-refractivity contribution in [2.45, 2.75) is 32.1 Å². The fourth-order valence-corrected chi connectivity index (χ4v) is 5.67. The van der Waals surface area contributed by atoms with E-state index in [2.05, 4.69) is 20.7 Å². The first-order valence-electron chi connectivity index (χ1n) is 16.0.